The van der Waals surface area contributed by atoms with Crippen LogP contribution in [0.1, 0.15) is 108 Å². The van der Waals surface area contributed by atoms with Crippen LogP contribution in [0.2, 0.25) is 13.3 Å². The van der Waals surface area contributed by atoms with Crippen molar-refractivity contribution >= 4 is 18.4 Å². The van der Waals surface area contributed by atoms with Crippen LogP contribution < -0.4 is 0 Å². The zero-order chi connectivity index (χ0) is 20.0. The third-order valence-corrected chi connectivity index (χ3v) is 23.8. The van der Waals surface area contributed by atoms with E-state index in [-0.39, 0.29) is 6.10 Å². The molecule has 0 radical (unpaired) electrons. The van der Waals surface area contributed by atoms with Crippen LogP contribution in [-0.2, 0) is 0 Å². The third kappa shape index (κ3) is 8.93. The van der Waals surface area contributed by atoms with E-state index in [2.05, 4.69) is 39.8 Å². The molecule has 27 heavy (non-hydrogen) atoms. The summed E-state index contributed by atoms with van der Waals surface area (Å²) in [6.45, 7) is 9.20. The molecule has 1 N–H and O–H groups in total. The first-order valence-electron chi connectivity index (χ1n) is 11.8. The summed E-state index contributed by atoms with van der Waals surface area (Å²) >= 11 is -2.39. The maximum absolute atomic E-state index is 10.2. The number of furan rings is 1. The topological polar surface area (TPSA) is 33.4 Å². The van der Waals surface area contributed by atoms with Gasteiger partial charge in [-0.3, -0.25) is 0 Å². The van der Waals surface area contributed by atoms with Crippen LogP contribution in [0.15, 0.2) is 22.8 Å². The summed E-state index contributed by atoms with van der Waals surface area (Å²) in [5, 5.41) is 10.2. The van der Waals surface area contributed by atoms with E-state index in [1.807, 2.05) is 6.26 Å². The van der Waals surface area contributed by atoms with E-state index in [4.69, 9.17) is 4.42 Å². The molecule has 0 aliphatic carbocycles. The van der Waals surface area contributed by atoms with Gasteiger partial charge < -0.3 is 0 Å². The number of hydrogen-bond donors (Lipinski definition) is 1. The van der Waals surface area contributed by atoms with Gasteiger partial charge in [0.25, 0.3) is 0 Å². The predicted octanol–water partition coefficient (Wildman–Crippen LogP) is 8.08. The van der Waals surface area contributed by atoms with Gasteiger partial charge in [0.05, 0.1) is 0 Å². The van der Waals surface area contributed by atoms with Crippen LogP contribution in [0.25, 0.3) is 0 Å². The van der Waals surface area contributed by atoms with Crippen LogP contribution in [0.4, 0.5) is 0 Å². The fourth-order valence-corrected chi connectivity index (χ4v) is 23.5. The second kappa shape index (κ2) is 15.0. The van der Waals surface area contributed by atoms with Gasteiger partial charge in [-0.2, -0.15) is 0 Å². The molecule has 1 rings (SSSR count). The van der Waals surface area contributed by atoms with Gasteiger partial charge in [0, 0.05) is 0 Å². The average Bonchev–Trinajstić information content (AvgIpc) is 3.20. The maximum atomic E-state index is 10.2. The molecule has 0 spiro atoms. The second-order valence-corrected chi connectivity index (χ2v) is 22.7. The fourth-order valence-electron chi connectivity index (χ4n) is 4.76. The van der Waals surface area contributed by atoms with E-state index in [9.17, 15) is 5.11 Å². The molecule has 2 nitrogen and oxygen atoms in total. The molecule has 0 aromatic carbocycles. The van der Waals surface area contributed by atoms with Crippen molar-refractivity contribution in [2.24, 2.45) is 0 Å². The molecule has 0 aliphatic rings. The Labute approximate surface area is 173 Å². The van der Waals surface area contributed by atoms with Crippen molar-refractivity contribution in [1.82, 2.24) is 0 Å². The fraction of sp³-hybridized carbons (Fsp3) is 0.833. The monoisotopic (exact) mass is 486 g/mol. The van der Waals surface area contributed by atoms with Gasteiger partial charge in [0.1, 0.15) is 0 Å². The molecule has 1 aromatic rings. The summed E-state index contributed by atoms with van der Waals surface area (Å²) in [5.74, 6) is 1.28. The molecule has 0 aliphatic heterocycles. The van der Waals surface area contributed by atoms with Crippen molar-refractivity contribution in [2.75, 3.05) is 0 Å². The van der Waals surface area contributed by atoms with Gasteiger partial charge in [-0.15, -0.1) is 0 Å². The Bertz CT molecular complexity index is 421. The normalized spacial score (nSPS) is 14.4. The Morgan fingerprint density at radius 2 is 1.41 bits per heavy atom. The summed E-state index contributed by atoms with van der Waals surface area (Å²) in [6.07, 6.45) is 15.3. The minimum atomic E-state index is -2.39. The van der Waals surface area contributed by atoms with Gasteiger partial charge in [0.2, 0.25) is 0 Å². The third-order valence-electron chi connectivity index (χ3n) is 6.36. The van der Waals surface area contributed by atoms with E-state index in [1.54, 1.807) is 0 Å². The molecule has 2 atom stereocenters. The van der Waals surface area contributed by atoms with E-state index >= 15 is 0 Å². The van der Waals surface area contributed by atoms with Crippen molar-refractivity contribution in [3.63, 3.8) is 0 Å². The van der Waals surface area contributed by atoms with E-state index in [0.717, 1.165) is 25.7 Å². The van der Waals surface area contributed by atoms with Gasteiger partial charge in [-0.1, -0.05) is 0 Å². The molecule has 3 heteroatoms. The van der Waals surface area contributed by atoms with Crippen LogP contribution in [-0.4, -0.2) is 29.6 Å². The Balaban J connectivity index is 3.02. The first-order chi connectivity index (χ1) is 13.1. The Morgan fingerprint density at radius 1 is 0.815 bits per heavy atom. The molecular formula is C24H46O2Sn. The molecule has 158 valence electrons. The molecule has 2 unspecified atom stereocenters. The number of unbranched alkanes of at least 4 members (excludes halogenated alkanes) is 3. The second-order valence-electron chi connectivity index (χ2n) is 8.61. The zero-order valence-corrected chi connectivity index (χ0v) is 21.5. The van der Waals surface area contributed by atoms with Crippen molar-refractivity contribution in [1.29, 1.82) is 0 Å². The summed E-state index contributed by atoms with van der Waals surface area (Å²) in [4.78, 5) is 0. The molecular weight excluding hydrogens is 439 g/mol. The quantitative estimate of drug-likeness (QED) is 0.226. The summed E-state index contributed by atoms with van der Waals surface area (Å²) in [7, 11) is 0. The SMILES string of the molecule is CCC[CH2][Sn]([CH2]CCC)([CH2]CCC)[CH](CCCC(O)CCC)c1ccco1. The molecule has 0 fully saturated rings. The number of aliphatic hydroxyl groups excluding tert-OH is 1. The van der Waals surface area contributed by atoms with Crippen LogP contribution in [0.3, 0.4) is 0 Å². The molecule has 0 saturated heterocycles. The number of rotatable bonds is 17. The van der Waals surface area contributed by atoms with Crippen molar-refractivity contribution in [3.8, 4) is 0 Å². The predicted molar refractivity (Wildman–Crippen MR) is 121 cm³/mol. The van der Waals surface area contributed by atoms with E-state index in [1.165, 1.54) is 64.0 Å². The first-order valence-corrected chi connectivity index (χ1v) is 19.5. The van der Waals surface area contributed by atoms with E-state index < -0.39 is 18.4 Å². The molecule has 0 amide bonds. The van der Waals surface area contributed by atoms with Gasteiger partial charge >= 0.3 is 174 Å². The van der Waals surface area contributed by atoms with Gasteiger partial charge in [-0.25, -0.2) is 0 Å². The summed E-state index contributed by atoms with van der Waals surface area (Å²) in [6, 6.07) is 4.34. The van der Waals surface area contributed by atoms with Crippen molar-refractivity contribution < 1.29 is 9.52 Å². The summed E-state index contributed by atoms with van der Waals surface area (Å²) < 4.78 is 11.3. The van der Waals surface area contributed by atoms with Crippen LogP contribution in [0, 0.1) is 0 Å². The Morgan fingerprint density at radius 3 is 1.85 bits per heavy atom. The van der Waals surface area contributed by atoms with Gasteiger partial charge in [0.15, 0.2) is 0 Å². The van der Waals surface area contributed by atoms with Crippen LogP contribution >= 0.6 is 0 Å². The number of hydrogen-bond acceptors (Lipinski definition) is 2. The molecule has 0 saturated carbocycles. The Kier molecular flexibility index (Phi) is 13.9. The summed E-state index contributed by atoms with van der Waals surface area (Å²) in [5.41, 5.74) is 0. The molecule has 0 bridgehead atoms. The molecule has 1 aromatic heterocycles. The Hall–Kier alpha value is 0.0387. The van der Waals surface area contributed by atoms with Crippen molar-refractivity contribution in [3.05, 3.63) is 24.2 Å². The first kappa shape index (κ1) is 25.1. The minimum absolute atomic E-state index is 0.112. The zero-order valence-electron chi connectivity index (χ0n) is 18.6. The van der Waals surface area contributed by atoms with E-state index in [0.29, 0.717) is 3.93 Å². The number of aliphatic hydroxyl groups is 1. The average molecular weight is 485 g/mol. The van der Waals surface area contributed by atoms with Crippen LogP contribution in [0.5, 0.6) is 0 Å². The molecule has 1 heterocycles. The van der Waals surface area contributed by atoms with Crippen molar-refractivity contribution in [2.45, 2.75) is 122 Å². The standard InChI is InChI=1S/C12H19O2.3C4H9.Sn/c1-2-6-11(13)7-3-4-8-12-9-5-10-14-12;3*1-3-4-2;/h5,8-11,13H,2-4,6-7H2,1H3;3*1,3-4H2,2H3;. The van der Waals surface area contributed by atoms with Gasteiger partial charge in [-0.05, 0) is 0 Å².